The van der Waals surface area contributed by atoms with E-state index in [2.05, 4.69) is 4.98 Å². The Balaban J connectivity index is 2.00. The maximum atomic E-state index is 9.63. The summed E-state index contributed by atoms with van der Waals surface area (Å²) in [6.07, 6.45) is 4.59. The molecule has 0 spiro atoms. The fraction of sp³-hybridized carbons (Fsp3) is 0.500. The van der Waals surface area contributed by atoms with Gasteiger partial charge in [0.2, 0.25) is 0 Å². The Morgan fingerprint density at radius 1 is 1.43 bits per heavy atom. The highest BCUT2D eigenvalue weighted by molar-refractivity contribution is 7.99. The highest BCUT2D eigenvalue weighted by Gasteiger charge is 2.26. The Labute approximate surface area is 92.7 Å². The van der Waals surface area contributed by atoms with Crippen molar-refractivity contribution in [1.29, 1.82) is 0 Å². The van der Waals surface area contributed by atoms with Crippen LogP contribution < -0.4 is 0 Å². The summed E-state index contributed by atoms with van der Waals surface area (Å²) in [6, 6.07) is 3.73. The SMILES string of the molecule is OC1CCCC1Sc1ccc(Cl)cn1. The first kappa shape index (κ1) is 10.3. The standard InChI is InChI=1S/C10H12ClNOS/c11-7-4-5-10(12-6-7)14-9-3-1-2-8(9)13/h4-6,8-9,13H,1-3H2. The predicted molar refractivity (Wildman–Crippen MR) is 58.7 cm³/mol. The minimum atomic E-state index is -0.169. The molecular weight excluding hydrogens is 218 g/mol. The lowest BCUT2D eigenvalue weighted by atomic mass is 10.3. The Bertz CT molecular complexity index is 303. The summed E-state index contributed by atoms with van der Waals surface area (Å²) in [7, 11) is 0. The largest absolute Gasteiger partial charge is 0.392 e. The van der Waals surface area contributed by atoms with E-state index in [0.29, 0.717) is 10.3 Å². The number of aliphatic hydroxyl groups is 1. The number of rotatable bonds is 2. The van der Waals surface area contributed by atoms with Crippen LogP contribution in [0.5, 0.6) is 0 Å². The maximum absolute atomic E-state index is 9.63. The van der Waals surface area contributed by atoms with Crippen molar-refractivity contribution in [2.75, 3.05) is 0 Å². The van der Waals surface area contributed by atoms with E-state index in [-0.39, 0.29) is 6.10 Å². The number of aliphatic hydroxyl groups excluding tert-OH is 1. The first-order valence-electron chi connectivity index (χ1n) is 4.72. The molecule has 2 atom stereocenters. The maximum Gasteiger partial charge on any atom is 0.0964 e. The molecule has 0 amide bonds. The first-order chi connectivity index (χ1) is 6.75. The number of hydrogen-bond acceptors (Lipinski definition) is 3. The molecule has 1 saturated carbocycles. The van der Waals surface area contributed by atoms with E-state index >= 15 is 0 Å². The van der Waals surface area contributed by atoms with E-state index in [0.717, 1.165) is 24.3 Å². The van der Waals surface area contributed by atoms with Gasteiger partial charge in [-0.1, -0.05) is 11.6 Å². The molecule has 14 heavy (non-hydrogen) atoms. The molecule has 1 aliphatic rings. The number of pyridine rings is 1. The molecule has 1 fully saturated rings. The molecule has 0 bridgehead atoms. The van der Waals surface area contributed by atoms with E-state index < -0.39 is 0 Å². The van der Waals surface area contributed by atoms with Crippen LogP contribution in [0, 0.1) is 0 Å². The van der Waals surface area contributed by atoms with E-state index in [9.17, 15) is 5.11 Å². The van der Waals surface area contributed by atoms with Crippen molar-refractivity contribution in [1.82, 2.24) is 4.98 Å². The first-order valence-corrected chi connectivity index (χ1v) is 5.98. The average molecular weight is 230 g/mol. The molecule has 2 rings (SSSR count). The summed E-state index contributed by atoms with van der Waals surface area (Å²) in [4.78, 5) is 4.20. The summed E-state index contributed by atoms with van der Waals surface area (Å²) in [5, 5.41) is 11.5. The molecule has 1 N–H and O–H groups in total. The zero-order valence-corrected chi connectivity index (χ0v) is 9.26. The molecule has 4 heteroatoms. The quantitative estimate of drug-likeness (QED) is 0.847. The van der Waals surface area contributed by atoms with Crippen molar-refractivity contribution in [3.63, 3.8) is 0 Å². The molecule has 1 aromatic heterocycles. The van der Waals surface area contributed by atoms with Crippen molar-refractivity contribution in [3.05, 3.63) is 23.4 Å². The second-order valence-electron chi connectivity index (χ2n) is 3.47. The zero-order chi connectivity index (χ0) is 9.97. The minimum absolute atomic E-state index is 0.169. The lowest BCUT2D eigenvalue weighted by Gasteiger charge is -2.12. The summed E-state index contributed by atoms with van der Waals surface area (Å²) in [5.41, 5.74) is 0. The Morgan fingerprint density at radius 2 is 2.29 bits per heavy atom. The van der Waals surface area contributed by atoms with E-state index in [1.54, 1.807) is 18.0 Å². The molecule has 76 valence electrons. The van der Waals surface area contributed by atoms with E-state index in [4.69, 9.17) is 11.6 Å². The Morgan fingerprint density at radius 3 is 2.86 bits per heavy atom. The normalized spacial score (nSPS) is 26.7. The second-order valence-corrected chi connectivity index (χ2v) is 5.17. The van der Waals surface area contributed by atoms with Gasteiger partial charge in [-0.2, -0.15) is 0 Å². The molecular formula is C10H12ClNOS. The van der Waals surface area contributed by atoms with Crippen LogP contribution >= 0.6 is 23.4 Å². The smallest absolute Gasteiger partial charge is 0.0964 e. The highest BCUT2D eigenvalue weighted by atomic mass is 35.5. The van der Waals surface area contributed by atoms with Gasteiger partial charge in [0.1, 0.15) is 0 Å². The number of thioether (sulfide) groups is 1. The topological polar surface area (TPSA) is 33.1 Å². The molecule has 2 nitrogen and oxygen atoms in total. The number of hydrogen-bond donors (Lipinski definition) is 1. The van der Waals surface area contributed by atoms with Gasteiger partial charge >= 0.3 is 0 Å². The zero-order valence-electron chi connectivity index (χ0n) is 7.69. The molecule has 0 saturated heterocycles. The number of aromatic nitrogens is 1. The minimum Gasteiger partial charge on any atom is -0.392 e. The third-order valence-corrected chi connectivity index (χ3v) is 3.95. The number of nitrogens with zero attached hydrogens (tertiary/aromatic N) is 1. The fourth-order valence-electron chi connectivity index (χ4n) is 1.63. The lowest BCUT2D eigenvalue weighted by Crippen LogP contribution is -2.14. The van der Waals surface area contributed by atoms with Crippen molar-refractivity contribution in [2.24, 2.45) is 0 Å². The van der Waals surface area contributed by atoms with E-state index in [1.807, 2.05) is 12.1 Å². The molecule has 2 unspecified atom stereocenters. The van der Waals surface area contributed by atoms with Gasteiger partial charge in [-0.3, -0.25) is 0 Å². The molecule has 0 aliphatic heterocycles. The van der Waals surface area contributed by atoms with Gasteiger partial charge in [0.25, 0.3) is 0 Å². The van der Waals surface area contributed by atoms with Crippen LogP contribution in [0.3, 0.4) is 0 Å². The third-order valence-electron chi connectivity index (χ3n) is 2.39. The predicted octanol–water partition coefficient (Wildman–Crippen LogP) is 2.74. The van der Waals surface area contributed by atoms with Crippen LogP contribution in [-0.4, -0.2) is 21.4 Å². The second kappa shape index (κ2) is 4.51. The van der Waals surface area contributed by atoms with Gasteiger partial charge in [-0.05, 0) is 31.4 Å². The lowest BCUT2D eigenvalue weighted by molar-refractivity contribution is 0.188. The van der Waals surface area contributed by atoms with Crippen molar-refractivity contribution in [2.45, 2.75) is 35.6 Å². The number of halogens is 1. The third kappa shape index (κ3) is 2.41. The van der Waals surface area contributed by atoms with Gasteiger partial charge in [0.05, 0.1) is 16.2 Å². The van der Waals surface area contributed by atoms with Crippen LogP contribution in [0.15, 0.2) is 23.4 Å². The van der Waals surface area contributed by atoms with Gasteiger partial charge in [-0.15, -0.1) is 11.8 Å². The van der Waals surface area contributed by atoms with Gasteiger partial charge in [-0.25, -0.2) is 4.98 Å². The molecule has 0 radical (unpaired) electrons. The fourth-order valence-corrected chi connectivity index (χ4v) is 2.89. The monoisotopic (exact) mass is 229 g/mol. The van der Waals surface area contributed by atoms with Crippen molar-refractivity contribution in [3.8, 4) is 0 Å². The Kier molecular flexibility index (Phi) is 3.31. The van der Waals surface area contributed by atoms with Crippen molar-refractivity contribution >= 4 is 23.4 Å². The summed E-state index contributed by atoms with van der Waals surface area (Å²) in [6.45, 7) is 0. The van der Waals surface area contributed by atoms with Crippen LogP contribution in [0.2, 0.25) is 5.02 Å². The van der Waals surface area contributed by atoms with Crippen molar-refractivity contribution < 1.29 is 5.11 Å². The summed E-state index contributed by atoms with van der Waals surface area (Å²) in [5.74, 6) is 0. The van der Waals surface area contributed by atoms with Crippen LogP contribution in [0.4, 0.5) is 0 Å². The molecule has 1 heterocycles. The van der Waals surface area contributed by atoms with Gasteiger partial charge < -0.3 is 5.11 Å². The van der Waals surface area contributed by atoms with Gasteiger partial charge in [0, 0.05) is 11.4 Å². The van der Waals surface area contributed by atoms with E-state index in [1.165, 1.54) is 0 Å². The summed E-state index contributed by atoms with van der Waals surface area (Å²) < 4.78 is 0. The Hall–Kier alpha value is -0.250. The van der Waals surface area contributed by atoms with Crippen LogP contribution in [0.25, 0.3) is 0 Å². The molecule has 0 aromatic carbocycles. The summed E-state index contributed by atoms with van der Waals surface area (Å²) >= 11 is 7.38. The molecule has 1 aromatic rings. The highest BCUT2D eigenvalue weighted by Crippen LogP contribution is 2.34. The van der Waals surface area contributed by atoms with Crippen LogP contribution in [-0.2, 0) is 0 Å². The van der Waals surface area contributed by atoms with Gasteiger partial charge in [0.15, 0.2) is 0 Å². The van der Waals surface area contributed by atoms with Crippen LogP contribution in [0.1, 0.15) is 19.3 Å². The average Bonchev–Trinajstić information content (AvgIpc) is 2.56. The molecule has 1 aliphatic carbocycles.